The van der Waals surface area contributed by atoms with E-state index in [9.17, 15) is 9.59 Å². The summed E-state index contributed by atoms with van der Waals surface area (Å²) in [5.41, 5.74) is 1.83. The summed E-state index contributed by atoms with van der Waals surface area (Å²) in [5, 5.41) is 5.69. The zero-order valence-electron chi connectivity index (χ0n) is 17.7. The summed E-state index contributed by atoms with van der Waals surface area (Å²) in [6, 6.07) is 15.9. The number of benzene rings is 1. The number of ether oxygens (including phenoxy) is 1. The normalized spacial score (nSPS) is 14.6. The van der Waals surface area contributed by atoms with Gasteiger partial charge in [-0.1, -0.05) is 36.4 Å². The van der Waals surface area contributed by atoms with Gasteiger partial charge in [-0.25, -0.2) is 4.98 Å². The van der Waals surface area contributed by atoms with E-state index < -0.39 is 11.9 Å². The summed E-state index contributed by atoms with van der Waals surface area (Å²) in [7, 11) is 0. The highest BCUT2D eigenvalue weighted by atomic mass is 16.5. The van der Waals surface area contributed by atoms with Gasteiger partial charge < -0.3 is 24.7 Å². The molecule has 1 atom stereocenters. The number of anilines is 1. The molecule has 1 aromatic carbocycles. The molecule has 4 rings (SSSR count). The van der Waals surface area contributed by atoms with E-state index in [2.05, 4.69) is 20.5 Å². The average molecular weight is 434 g/mol. The number of carbonyl (C=O) groups is 2. The Morgan fingerprint density at radius 1 is 1.00 bits per heavy atom. The lowest BCUT2D eigenvalue weighted by Gasteiger charge is -2.27. The lowest BCUT2D eigenvalue weighted by atomic mass is 10.0. The number of hydrogen-bond donors (Lipinski definition) is 2. The molecule has 3 heterocycles. The predicted octanol–water partition coefficient (Wildman–Crippen LogP) is 2.17. The Hall–Kier alpha value is -3.65. The second kappa shape index (κ2) is 10.6. The van der Waals surface area contributed by atoms with E-state index in [1.807, 2.05) is 42.5 Å². The molecule has 166 valence electrons. The minimum absolute atomic E-state index is 0.166. The van der Waals surface area contributed by atoms with Gasteiger partial charge in [0.25, 0.3) is 5.91 Å². The first-order valence-corrected chi connectivity index (χ1v) is 10.6. The van der Waals surface area contributed by atoms with Gasteiger partial charge in [0.1, 0.15) is 11.9 Å². The summed E-state index contributed by atoms with van der Waals surface area (Å²) < 4.78 is 10.5. The molecule has 2 amide bonds. The second-order valence-electron chi connectivity index (χ2n) is 7.53. The molecular weight excluding hydrogens is 408 g/mol. The lowest BCUT2D eigenvalue weighted by molar-refractivity contribution is -0.123. The SMILES string of the molecule is O=C(NC(Cc1ccccc1)C(=O)NCc1ccc(N2CCOCC2)nc1)c1ccco1. The second-order valence-corrected chi connectivity index (χ2v) is 7.53. The van der Waals surface area contributed by atoms with Gasteiger partial charge in [-0.2, -0.15) is 0 Å². The molecule has 1 saturated heterocycles. The minimum Gasteiger partial charge on any atom is -0.459 e. The van der Waals surface area contributed by atoms with Crippen LogP contribution in [0.25, 0.3) is 0 Å². The molecule has 8 nitrogen and oxygen atoms in total. The Labute approximate surface area is 186 Å². The van der Waals surface area contributed by atoms with Crippen molar-refractivity contribution in [1.82, 2.24) is 15.6 Å². The van der Waals surface area contributed by atoms with Crippen LogP contribution in [-0.2, 0) is 22.5 Å². The van der Waals surface area contributed by atoms with Crippen molar-refractivity contribution in [2.75, 3.05) is 31.2 Å². The van der Waals surface area contributed by atoms with E-state index in [-0.39, 0.29) is 11.7 Å². The average Bonchev–Trinajstić information content (AvgIpc) is 3.39. The van der Waals surface area contributed by atoms with Crippen LogP contribution in [0.2, 0.25) is 0 Å². The molecule has 0 spiro atoms. The number of furan rings is 1. The summed E-state index contributed by atoms with van der Waals surface area (Å²) in [6.07, 6.45) is 3.56. The molecule has 0 saturated carbocycles. The first kappa shape index (κ1) is 21.6. The van der Waals surface area contributed by atoms with E-state index in [0.29, 0.717) is 26.2 Å². The van der Waals surface area contributed by atoms with Crippen LogP contribution in [0.1, 0.15) is 21.7 Å². The van der Waals surface area contributed by atoms with Gasteiger partial charge in [0.2, 0.25) is 5.91 Å². The summed E-state index contributed by atoms with van der Waals surface area (Å²) in [4.78, 5) is 32.1. The molecule has 2 N–H and O–H groups in total. The Kier molecular flexibility index (Phi) is 7.14. The summed E-state index contributed by atoms with van der Waals surface area (Å²) >= 11 is 0. The van der Waals surface area contributed by atoms with Crippen molar-refractivity contribution in [1.29, 1.82) is 0 Å². The topological polar surface area (TPSA) is 96.7 Å². The van der Waals surface area contributed by atoms with Gasteiger partial charge >= 0.3 is 0 Å². The van der Waals surface area contributed by atoms with Crippen molar-refractivity contribution in [3.63, 3.8) is 0 Å². The highest BCUT2D eigenvalue weighted by Crippen LogP contribution is 2.13. The van der Waals surface area contributed by atoms with E-state index in [1.165, 1.54) is 6.26 Å². The van der Waals surface area contributed by atoms with Crippen molar-refractivity contribution in [2.45, 2.75) is 19.0 Å². The third kappa shape index (κ3) is 5.73. The number of amides is 2. The van der Waals surface area contributed by atoms with Crippen molar-refractivity contribution in [3.05, 3.63) is 83.9 Å². The first-order valence-electron chi connectivity index (χ1n) is 10.6. The number of carbonyl (C=O) groups excluding carboxylic acids is 2. The van der Waals surface area contributed by atoms with Crippen LogP contribution in [0.4, 0.5) is 5.82 Å². The lowest BCUT2D eigenvalue weighted by Crippen LogP contribution is -2.47. The van der Waals surface area contributed by atoms with Gasteiger partial charge in [0.05, 0.1) is 19.5 Å². The number of pyridine rings is 1. The number of nitrogens with one attached hydrogen (secondary N) is 2. The monoisotopic (exact) mass is 434 g/mol. The van der Waals surface area contributed by atoms with Crippen LogP contribution in [0.3, 0.4) is 0 Å². The van der Waals surface area contributed by atoms with Gasteiger partial charge in [-0.3, -0.25) is 9.59 Å². The standard InChI is InChI=1S/C24H26N4O4/c29-23(26-17-19-8-9-22(25-16-19)28-10-13-31-14-11-28)20(15-18-5-2-1-3-6-18)27-24(30)21-7-4-12-32-21/h1-9,12,16,20H,10-11,13-15,17H2,(H,26,29)(H,27,30). The molecule has 0 bridgehead atoms. The Balaban J connectivity index is 1.38. The Morgan fingerprint density at radius 2 is 1.81 bits per heavy atom. The molecule has 1 aliphatic heterocycles. The molecule has 3 aromatic rings. The molecule has 2 aromatic heterocycles. The molecule has 8 heteroatoms. The van der Waals surface area contributed by atoms with Gasteiger partial charge in [0, 0.05) is 32.3 Å². The fourth-order valence-electron chi connectivity index (χ4n) is 3.51. The molecular formula is C24H26N4O4. The highest BCUT2D eigenvalue weighted by Gasteiger charge is 2.23. The van der Waals surface area contributed by atoms with Crippen LogP contribution in [-0.4, -0.2) is 49.1 Å². The number of hydrogen-bond acceptors (Lipinski definition) is 6. The maximum absolute atomic E-state index is 12.9. The van der Waals surface area contributed by atoms with Crippen molar-refractivity contribution in [2.24, 2.45) is 0 Å². The van der Waals surface area contributed by atoms with E-state index in [0.717, 1.165) is 30.0 Å². The predicted molar refractivity (Wildman–Crippen MR) is 119 cm³/mol. The zero-order chi connectivity index (χ0) is 22.2. The van der Waals surface area contributed by atoms with Crippen LogP contribution < -0.4 is 15.5 Å². The summed E-state index contributed by atoms with van der Waals surface area (Å²) in [6.45, 7) is 3.36. The van der Waals surface area contributed by atoms with Crippen molar-refractivity contribution in [3.8, 4) is 0 Å². The van der Waals surface area contributed by atoms with Crippen LogP contribution >= 0.6 is 0 Å². The van der Waals surface area contributed by atoms with Gasteiger partial charge in [-0.05, 0) is 29.3 Å². The third-order valence-corrected chi connectivity index (χ3v) is 5.26. The Bertz CT molecular complexity index is 1000. The van der Waals surface area contributed by atoms with Crippen LogP contribution in [0.15, 0.2) is 71.5 Å². The molecule has 32 heavy (non-hydrogen) atoms. The maximum atomic E-state index is 12.9. The van der Waals surface area contributed by atoms with Crippen LogP contribution in [0.5, 0.6) is 0 Å². The number of aromatic nitrogens is 1. The largest absolute Gasteiger partial charge is 0.459 e. The zero-order valence-corrected chi connectivity index (χ0v) is 17.7. The molecule has 1 unspecified atom stereocenters. The van der Waals surface area contributed by atoms with Crippen LogP contribution in [0, 0.1) is 0 Å². The molecule has 1 aliphatic rings. The fraction of sp³-hybridized carbons (Fsp3) is 0.292. The minimum atomic E-state index is -0.740. The first-order chi connectivity index (χ1) is 15.7. The molecule has 0 aliphatic carbocycles. The van der Waals surface area contributed by atoms with Gasteiger partial charge in [0.15, 0.2) is 5.76 Å². The van der Waals surface area contributed by atoms with E-state index >= 15 is 0 Å². The smallest absolute Gasteiger partial charge is 0.287 e. The van der Waals surface area contributed by atoms with Gasteiger partial charge in [-0.15, -0.1) is 0 Å². The van der Waals surface area contributed by atoms with E-state index in [1.54, 1.807) is 18.3 Å². The van der Waals surface area contributed by atoms with Crippen molar-refractivity contribution >= 4 is 17.6 Å². The highest BCUT2D eigenvalue weighted by molar-refractivity contribution is 5.95. The van der Waals surface area contributed by atoms with Crippen molar-refractivity contribution < 1.29 is 18.7 Å². The quantitative estimate of drug-likeness (QED) is 0.564. The maximum Gasteiger partial charge on any atom is 0.287 e. The molecule has 1 fully saturated rings. The Morgan fingerprint density at radius 3 is 2.50 bits per heavy atom. The number of rotatable bonds is 8. The fourth-order valence-corrected chi connectivity index (χ4v) is 3.51. The number of morpholine rings is 1. The molecule has 0 radical (unpaired) electrons. The van der Waals surface area contributed by atoms with E-state index in [4.69, 9.17) is 9.15 Å². The summed E-state index contributed by atoms with van der Waals surface area (Å²) in [5.74, 6) is 0.364. The third-order valence-electron chi connectivity index (χ3n) is 5.26. The number of nitrogens with zero attached hydrogens (tertiary/aromatic N) is 2.